The molecule has 1 saturated heterocycles. The molecule has 200 valence electrons. The van der Waals surface area contributed by atoms with E-state index in [1.54, 1.807) is 29.3 Å². The van der Waals surface area contributed by atoms with E-state index in [9.17, 15) is 14.4 Å². The van der Waals surface area contributed by atoms with Crippen LogP contribution in [-0.2, 0) is 32.6 Å². The molecule has 1 aromatic heterocycles. The second-order valence-electron chi connectivity index (χ2n) is 11.4. The quantitative estimate of drug-likeness (QED) is 0.426. The smallest absolute Gasteiger partial charge is 0.244 e. The molecule has 1 spiro atoms. The second-order valence-corrected chi connectivity index (χ2v) is 12.3. The summed E-state index contributed by atoms with van der Waals surface area (Å²) in [6.07, 6.45) is 4.18. The van der Waals surface area contributed by atoms with E-state index in [4.69, 9.17) is 23.2 Å². The number of amides is 3. The topological polar surface area (TPSA) is 91.4 Å². The van der Waals surface area contributed by atoms with Crippen LogP contribution in [0.1, 0.15) is 55.0 Å². The number of hydrogen-bond donors (Lipinski definition) is 2. The van der Waals surface area contributed by atoms with E-state index in [2.05, 4.69) is 15.6 Å². The molecule has 7 nitrogen and oxygen atoms in total. The van der Waals surface area contributed by atoms with Gasteiger partial charge in [-0.3, -0.25) is 14.4 Å². The Balaban J connectivity index is 1.22. The highest BCUT2D eigenvalue weighted by Crippen LogP contribution is 2.47. The number of pyridine rings is 1. The van der Waals surface area contributed by atoms with Crippen molar-refractivity contribution >= 4 is 52.4 Å². The molecule has 6 rings (SSSR count). The van der Waals surface area contributed by atoms with Crippen LogP contribution in [0, 0.1) is 5.41 Å². The second kappa shape index (κ2) is 9.35. The van der Waals surface area contributed by atoms with Gasteiger partial charge >= 0.3 is 0 Å². The molecule has 2 unspecified atom stereocenters. The van der Waals surface area contributed by atoms with Crippen molar-refractivity contribution in [2.24, 2.45) is 5.41 Å². The molecule has 9 heteroatoms. The van der Waals surface area contributed by atoms with E-state index in [1.165, 1.54) is 0 Å². The monoisotopic (exact) mass is 562 g/mol. The van der Waals surface area contributed by atoms with Crippen LogP contribution in [0.5, 0.6) is 0 Å². The van der Waals surface area contributed by atoms with Crippen LogP contribution in [0.15, 0.2) is 54.7 Å². The highest BCUT2D eigenvalue weighted by Gasteiger charge is 2.51. The predicted octanol–water partition coefficient (Wildman–Crippen LogP) is 5.71. The number of nitrogens with one attached hydrogen (secondary N) is 2. The Bertz CT molecular complexity index is 1520. The Morgan fingerprint density at radius 3 is 2.59 bits per heavy atom. The van der Waals surface area contributed by atoms with Gasteiger partial charge in [0.05, 0.1) is 11.5 Å². The van der Waals surface area contributed by atoms with Gasteiger partial charge < -0.3 is 15.5 Å². The van der Waals surface area contributed by atoms with Crippen molar-refractivity contribution in [1.29, 1.82) is 0 Å². The highest BCUT2D eigenvalue weighted by atomic mass is 35.5. The average Bonchev–Trinajstić information content (AvgIpc) is 3.38. The largest absolute Gasteiger partial charge is 0.326 e. The summed E-state index contributed by atoms with van der Waals surface area (Å²) < 4.78 is 0. The van der Waals surface area contributed by atoms with Crippen LogP contribution in [-0.4, -0.2) is 34.2 Å². The standard InChI is InChI=1S/C30H28Cl2N4O3/c1-29(2)8-7-24(18-10-20(31)13-21(32)11-18)36(28(29)39)16-25(37)34-22-6-5-17-14-30(15-19(17)12-22)23-4-3-9-33-26(23)35-27(30)38/h3-6,9-13,24H,7-8,14-16H2,1-2H3,(H,34,37)(H,33,35,38). The normalized spacial score (nSPS) is 23.0. The summed E-state index contributed by atoms with van der Waals surface area (Å²) in [5.41, 5.74) is 3.20. The average molecular weight is 563 g/mol. The zero-order chi connectivity index (χ0) is 27.5. The van der Waals surface area contributed by atoms with E-state index in [1.807, 2.05) is 44.2 Å². The number of carbonyl (C=O) groups is 3. The number of carbonyl (C=O) groups excluding carboxylic acids is 3. The molecule has 0 bridgehead atoms. The Kier molecular flexibility index (Phi) is 6.19. The number of hydrogen-bond acceptors (Lipinski definition) is 4. The van der Waals surface area contributed by atoms with Crippen LogP contribution in [0.2, 0.25) is 10.0 Å². The Hall–Kier alpha value is -3.42. The van der Waals surface area contributed by atoms with Gasteiger partial charge in [0.1, 0.15) is 12.4 Å². The molecular formula is C30H28Cl2N4O3. The molecule has 1 aliphatic carbocycles. The number of fused-ring (bicyclic) bond motifs is 3. The van der Waals surface area contributed by atoms with Crippen molar-refractivity contribution < 1.29 is 14.4 Å². The number of aromatic nitrogens is 1. The Morgan fingerprint density at radius 2 is 1.82 bits per heavy atom. The molecule has 2 N–H and O–H groups in total. The summed E-state index contributed by atoms with van der Waals surface area (Å²) in [6, 6.07) is 14.5. The van der Waals surface area contributed by atoms with Gasteiger partial charge in [0.2, 0.25) is 17.7 Å². The van der Waals surface area contributed by atoms with E-state index in [0.717, 1.165) is 22.3 Å². The lowest BCUT2D eigenvalue weighted by molar-refractivity contribution is -0.150. The fourth-order valence-corrected chi connectivity index (χ4v) is 6.83. The van der Waals surface area contributed by atoms with Crippen LogP contribution >= 0.6 is 23.2 Å². The van der Waals surface area contributed by atoms with E-state index in [0.29, 0.717) is 47.2 Å². The van der Waals surface area contributed by atoms with Crippen LogP contribution in [0.3, 0.4) is 0 Å². The van der Waals surface area contributed by atoms with Crippen molar-refractivity contribution in [2.45, 2.75) is 51.0 Å². The van der Waals surface area contributed by atoms with Crippen molar-refractivity contribution in [3.63, 3.8) is 0 Å². The molecule has 2 atom stereocenters. The zero-order valence-corrected chi connectivity index (χ0v) is 23.2. The minimum Gasteiger partial charge on any atom is -0.326 e. The first-order valence-electron chi connectivity index (χ1n) is 13.0. The first-order chi connectivity index (χ1) is 18.6. The highest BCUT2D eigenvalue weighted by molar-refractivity contribution is 6.34. The molecule has 2 aliphatic heterocycles. The van der Waals surface area contributed by atoms with Gasteiger partial charge in [-0.25, -0.2) is 4.98 Å². The SMILES string of the molecule is CC1(C)CCC(c2cc(Cl)cc(Cl)c2)N(CC(=O)Nc2ccc3c(c2)CC2(C3)C(=O)Nc3ncccc32)C1=O. The third-order valence-corrected chi connectivity index (χ3v) is 8.74. The van der Waals surface area contributed by atoms with Crippen LogP contribution in [0.4, 0.5) is 11.5 Å². The van der Waals surface area contributed by atoms with Gasteiger partial charge in [0.15, 0.2) is 0 Å². The van der Waals surface area contributed by atoms with Gasteiger partial charge in [-0.15, -0.1) is 0 Å². The number of piperidine rings is 1. The number of likely N-dealkylation sites (tertiary alicyclic amines) is 1. The third kappa shape index (κ3) is 4.47. The van der Waals surface area contributed by atoms with Gasteiger partial charge in [-0.05, 0) is 78.8 Å². The summed E-state index contributed by atoms with van der Waals surface area (Å²) in [6.45, 7) is 3.72. The van der Waals surface area contributed by atoms with Gasteiger partial charge in [0.25, 0.3) is 0 Å². The molecule has 0 radical (unpaired) electrons. The number of halogens is 2. The minimum absolute atomic E-state index is 0.0450. The zero-order valence-electron chi connectivity index (χ0n) is 21.7. The summed E-state index contributed by atoms with van der Waals surface area (Å²) in [5, 5.41) is 6.87. The van der Waals surface area contributed by atoms with E-state index in [-0.39, 0.29) is 30.3 Å². The lowest BCUT2D eigenvalue weighted by atomic mass is 9.78. The molecule has 39 heavy (non-hydrogen) atoms. The van der Waals surface area contributed by atoms with Crippen molar-refractivity contribution in [2.75, 3.05) is 17.2 Å². The lowest BCUT2D eigenvalue weighted by Gasteiger charge is -2.43. The van der Waals surface area contributed by atoms with Gasteiger partial charge in [-0.1, -0.05) is 49.2 Å². The molecule has 1 fully saturated rings. The van der Waals surface area contributed by atoms with Gasteiger partial charge in [-0.2, -0.15) is 0 Å². The first kappa shape index (κ1) is 25.8. The maximum atomic E-state index is 13.5. The summed E-state index contributed by atoms with van der Waals surface area (Å²) >= 11 is 12.5. The molecule has 3 amide bonds. The van der Waals surface area contributed by atoms with E-state index < -0.39 is 10.8 Å². The molecule has 0 saturated carbocycles. The third-order valence-electron chi connectivity index (χ3n) is 8.31. The number of benzene rings is 2. The molecule has 3 aliphatic rings. The Morgan fingerprint density at radius 1 is 1.08 bits per heavy atom. The molecular weight excluding hydrogens is 535 g/mol. The minimum atomic E-state index is -0.675. The fraction of sp³-hybridized carbons (Fsp3) is 0.333. The van der Waals surface area contributed by atoms with Gasteiger partial charge in [0, 0.05) is 32.9 Å². The number of anilines is 2. The molecule has 3 aromatic rings. The van der Waals surface area contributed by atoms with E-state index >= 15 is 0 Å². The predicted molar refractivity (Wildman–Crippen MR) is 151 cm³/mol. The summed E-state index contributed by atoms with van der Waals surface area (Å²) in [4.78, 5) is 45.7. The van der Waals surface area contributed by atoms with Crippen molar-refractivity contribution in [1.82, 2.24) is 9.88 Å². The summed E-state index contributed by atoms with van der Waals surface area (Å²) in [7, 11) is 0. The number of nitrogens with zero attached hydrogens (tertiary/aromatic N) is 2. The van der Waals surface area contributed by atoms with Crippen LogP contribution < -0.4 is 10.6 Å². The molecule has 2 aromatic carbocycles. The van der Waals surface area contributed by atoms with Crippen molar-refractivity contribution in [3.8, 4) is 0 Å². The first-order valence-corrected chi connectivity index (χ1v) is 13.8. The lowest BCUT2D eigenvalue weighted by Crippen LogP contribution is -2.50. The summed E-state index contributed by atoms with van der Waals surface area (Å²) in [5.74, 6) is 0.199. The molecule has 3 heterocycles. The number of rotatable bonds is 4. The fourth-order valence-electron chi connectivity index (χ4n) is 6.29. The maximum Gasteiger partial charge on any atom is 0.244 e. The van der Waals surface area contributed by atoms with Crippen molar-refractivity contribution in [3.05, 3.63) is 87.0 Å². The Labute approximate surface area is 236 Å². The van der Waals surface area contributed by atoms with Crippen LogP contribution in [0.25, 0.3) is 0 Å². The maximum absolute atomic E-state index is 13.5.